The van der Waals surface area contributed by atoms with Gasteiger partial charge in [-0.2, -0.15) is 0 Å². The van der Waals surface area contributed by atoms with Crippen LogP contribution >= 0.6 is 0 Å². The van der Waals surface area contributed by atoms with Crippen molar-refractivity contribution in [2.24, 2.45) is 0 Å². The second-order valence-electron chi connectivity index (χ2n) is 3.24. The van der Waals surface area contributed by atoms with Crippen LogP contribution in [0, 0.1) is 6.92 Å². The van der Waals surface area contributed by atoms with Crippen LogP contribution in [0.2, 0.25) is 0 Å². The maximum absolute atomic E-state index is 2.20. The van der Waals surface area contributed by atoms with Crippen molar-refractivity contribution >= 4 is 0 Å². The summed E-state index contributed by atoms with van der Waals surface area (Å²) in [6, 6.07) is 19.0. The van der Waals surface area contributed by atoms with Crippen LogP contribution in [0.15, 0.2) is 54.6 Å². The molecule has 0 fully saturated rings. The molecule has 0 heterocycles. The van der Waals surface area contributed by atoms with E-state index in [1.807, 2.05) is 19.9 Å². The van der Waals surface area contributed by atoms with Crippen LogP contribution in [0.4, 0.5) is 0 Å². The third-order valence-electron chi connectivity index (χ3n) is 2.13. The fraction of sp³-hybridized carbons (Fsp3) is 0.250. The predicted molar refractivity (Wildman–Crippen MR) is 74.7 cm³/mol. The van der Waals surface area contributed by atoms with Crippen molar-refractivity contribution in [2.75, 3.05) is 0 Å². The van der Waals surface area contributed by atoms with E-state index in [1.54, 1.807) is 0 Å². The summed E-state index contributed by atoms with van der Waals surface area (Å²) in [4.78, 5) is 0. The minimum Gasteiger partial charge on any atom is -0.0776 e. The van der Waals surface area contributed by atoms with E-state index >= 15 is 0 Å². The molecular formula is C16H22. The zero-order valence-corrected chi connectivity index (χ0v) is 9.70. The minimum atomic E-state index is 0. The van der Waals surface area contributed by atoms with Gasteiger partial charge in [0.15, 0.2) is 0 Å². The maximum Gasteiger partial charge on any atom is -0.0181 e. The largest absolute Gasteiger partial charge is 0.0776 e. The molecule has 2 aromatic carbocycles. The molecule has 0 heteroatoms. The molecular weight excluding hydrogens is 192 g/mol. The van der Waals surface area contributed by atoms with Gasteiger partial charge in [0, 0.05) is 0 Å². The van der Waals surface area contributed by atoms with Crippen LogP contribution in [0.25, 0.3) is 11.1 Å². The van der Waals surface area contributed by atoms with Crippen LogP contribution in [0.5, 0.6) is 0 Å². The predicted octanol–water partition coefficient (Wildman–Crippen LogP) is 5.32. The highest BCUT2D eigenvalue weighted by Crippen LogP contribution is 2.19. The molecule has 0 aliphatic rings. The van der Waals surface area contributed by atoms with Crippen LogP contribution in [0.1, 0.15) is 26.8 Å². The topological polar surface area (TPSA) is 0 Å². The highest BCUT2D eigenvalue weighted by Gasteiger charge is 1.94. The zero-order chi connectivity index (χ0) is 11.1. The van der Waals surface area contributed by atoms with Gasteiger partial charge < -0.3 is 0 Å². The Balaban J connectivity index is 0.000000711. The summed E-state index contributed by atoms with van der Waals surface area (Å²) in [7, 11) is 0. The molecule has 86 valence electrons. The van der Waals surface area contributed by atoms with Gasteiger partial charge in [-0.15, -0.1) is 0 Å². The van der Waals surface area contributed by atoms with Gasteiger partial charge in [0.1, 0.15) is 0 Å². The molecule has 0 aromatic heterocycles. The van der Waals surface area contributed by atoms with Gasteiger partial charge >= 0.3 is 0 Å². The monoisotopic (exact) mass is 214 g/mol. The lowest BCUT2D eigenvalue weighted by Crippen LogP contribution is -1.77. The second-order valence-corrected chi connectivity index (χ2v) is 3.24. The summed E-state index contributed by atoms with van der Waals surface area (Å²) in [5.41, 5.74) is 3.88. The highest BCUT2D eigenvalue weighted by molar-refractivity contribution is 5.63. The molecule has 2 rings (SSSR count). The number of rotatable bonds is 1. The van der Waals surface area contributed by atoms with Crippen LogP contribution in [-0.2, 0) is 0 Å². The SMILES string of the molecule is C.CC.Cc1cccc(-c2ccccc2)c1. The van der Waals surface area contributed by atoms with E-state index in [0.29, 0.717) is 0 Å². The van der Waals surface area contributed by atoms with Gasteiger partial charge in [-0.3, -0.25) is 0 Å². The Labute approximate surface area is 100.0 Å². The molecule has 0 atom stereocenters. The van der Waals surface area contributed by atoms with E-state index in [2.05, 4.69) is 55.5 Å². The molecule has 0 nitrogen and oxygen atoms in total. The molecule has 0 saturated heterocycles. The Bertz CT molecular complexity index is 388. The Hall–Kier alpha value is -1.56. The Kier molecular flexibility index (Phi) is 6.95. The fourth-order valence-corrected chi connectivity index (χ4v) is 1.46. The lowest BCUT2D eigenvalue weighted by molar-refractivity contribution is 1.47. The van der Waals surface area contributed by atoms with Gasteiger partial charge in [-0.25, -0.2) is 0 Å². The summed E-state index contributed by atoms with van der Waals surface area (Å²) in [6.07, 6.45) is 0. The second kappa shape index (κ2) is 7.70. The Morgan fingerprint density at radius 2 is 1.25 bits per heavy atom. The van der Waals surface area contributed by atoms with Crippen molar-refractivity contribution < 1.29 is 0 Å². The van der Waals surface area contributed by atoms with Crippen molar-refractivity contribution in [3.05, 3.63) is 60.2 Å². The van der Waals surface area contributed by atoms with E-state index in [-0.39, 0.29) is 7.43 Å². The van der Waals surface area contributed by atoms with Gasteiger partial charge in [0.2, 0.25) is 0 Å². The minimum absolute atomic E-state index is 0. The third-order valence-corrected chi connectivity index (χ3v) is 2.13. The van der Waals surface area contributed by atoms with E-state index in [0.717, 1.165) is 0 Å². The van der Waals surface area contributed by atoms with Crippen molar-refractivity contribution in [2.45, 2.75) is 28.2 Å². The number of hydrogen-bond donors (Lipinski definition) is 0. The molecule has 0 saturated carbocycles. The van der Waals surface area contributed by atoms with Gasteiger partial charge in [0.25, 0.3) is 0 Å². The Morgan fingerprint density at radius 3 is 1.81 bits per heavy atom. The Morgan fingerprint density at radius 1 is 0.688 bits per heavy atom. The molecule has 0 unspecified atom stereocenters. The molecule has 0 radical (unpaired) electrons. The first-order valence-electron chi connectivity index (χ1n) is 5.48. The van der Waals surface area contributed by atoms with E-state index < -0.39 is 0 Å². The van der Waals surface area contributed by atoms with Crippen molar-refractivity contribution in [1.82, 2.24) is 0 Å². The molecule has 2 aromatic rings. The number of hydrogen-bond acceptors (Lipinski definition) is 0. The summed E-state index contributed by atoms with van der Waals surface area (Å²) in [5.74, 6) is 0. The third kappa shape index (κ3) is 3.90. The number of benzene rings is 2. The summed E-state index contributed by atoms with van der Waals surface area (Å²) in [5, 5.41) is 0. The highest BCUT2D eigenvalue weighted by atomic mass is 14.0. The van der Waals surface area contributed by atoms with Crippen LogP contribution in [-0.4, -0.2) is 0 Å². The van der Waals surface area contributed by atoms with E-state index in [1.165, 1.54) is 16.7 Å². The standard InChI is InChI=1S/C13H12.C2H6.CH4/c1-11-6-5-9-13(10-11)12-7-3-2-4-8-12;1-2;/h2-10H,1H3;1-2H3;1H4. The van der Waals surface area contributed by atoms with Crippen LogP contribution < -0.4 is 0 Å². The number of aryl methyl sites for hydroxylation is 1. The molecule has 0 bridgehead atoms. The average molecular weight is 214 g/mol. The zero-order valence-electron chi connectivity index (χ0n) is 9.70. The van der Waals surface area contributed by atoms with Gasteiger partial charge in [0.05, 0.1) is 0 Å². The molecule has 0 N–H and O–H groups in total. The quantitative estimate of drug-likeness (QED) is 0.602. The molecule has 0 spiro atoms. The lowest BCUT2D eigenvalue weighted by Gasteiger charge is -2.01. The average Bonchev–Trinajstić information content (AvgIpc) is 2.33. The van der Waals surface area contributed by atoms with Gasteiger partial charge in [-0.1, -0.05) is 81.4 Å². The van der Waals surface area contributed by atoms with Crippen LogP contribution in [0.3, 0.4) is 0 Å². The molecule has 0 aliphatic carbocycles. The van der Waals surface area contributed by atoms with E-state index in [4.69, 9.17) is 0 Å². The lowest BCUT2D eigenvalue weighted by atomic mass is 10.0. The molecule has 0 aliphatic heterocycles. The van der Waals surface area contributed by atoms with Crippen molar-refractivity contribution in [1.29, 1.82) is 0 Å². The first kappa shape index (κ1) is 14.4. The normalized spacial score (nSPS) is 8.44. The fourth-order valence-electron chi connectivity index (χ4n) is 1.46. The first-order chi connectivity index (χ1) is 7.36. The maximum atomic E-state index is 2.20. The van der Waals surface area contributed by atoms with E-state index in [9.17, 15) is 0 Å². The summed E-state index contributed by atoms with van der Waals surface area (Å²) < 4.78 is 0. The smallest absolute Gasteiger partial charge is 0.0181 e. The van der Waals surface area contributed by atoms with Gasteiger partial charge in [-0.05, 0) is 18.1 Å². The molecule has 16 heavy (non-hydrogen) atoms. The molecule has 0 amide bonds. The van der Waals surface area contributed by atoms with Crippen molar-refractivity contribution in [3.63, 3.8) is 0 Å². The summed E-state index contributed by atoms with van der Waals surface area (Å²) in [6.45, 7) is 6.12. The summed E-state index contributed by atoms with van der Waals surface area (Å²) >= 11 is 0. The van der Waals surface area contributed by atoms with Crippen molar-refractivity contribution in [3.8, 4) is 11.1 Å². The first-order valence-corrected chi connectivity index (χ1v) is 5.48.